The first-order valence-corrected chi connectivity index (χ1v) is 4.54. The average Bonchev–Trinajstić information content (AvgIpc) is 2.16. The number of hydrogen-bond acceptors (Lipinski definition) is 3. The van der Waals surface area contributed by atoms with E-state index in [-0.39, 0.29) is 18.3 Å². The number of aliphatic hydroxyl groups excluding tert-OH is 1. The standard InChI is InChI=1S/C10H15FN2O/c1-7(6-14)5-13-10-8(11)3-2-4-9(10)12/h2-4,7,13-14H,5-6,12H2,1H3. The van der Waals surface area contributed by atoms with Crippen LogP contribution in [0.5, 0.6) is 0 Å². The second kappa shape index (κ2) is 4.81. The predicted octanol–water partition coefficient (Wildman–Crippen LogP) is 1.45. The highest BCUT2D eigenvalue weighted by Gasteiger charge is 2.06. The molecular weight excluding hydrogens is 183 g/mol. The summed E-state index contributed by atoms with van der Waals surface area (Å²) >= 11 is 0. The first kappa shape index (κ1) is 10.8. The normalized spacial score (nSPS) is 12.5. The molecule has 0 aliphatic rings. The van der Waals surface area contributed by atoms with Crippen LogP contribution in [0.25, 0.3) is 0 Å². The summed E-state index contributed by atoms with van der Waals surface area (Å²) in [5, 5.41) is 11.7. The van der Waals surface area contributed by atoms with Crippen LogP contribution in [0.3, 0.4) is 0 Å². The molecule has 78 valence electrons. The number of nitrogens with two attached hydrogens (primary N) is 1. The third-order valence-electron chi connectivity index (χ3n) is 1.98. The van der Waals surface area contributed by atoms with E-state index < -0.39 is 0 Å². The van der Waals surface area contributed by atoms with Crippen LogP contribution in [-0.2, 0) is 0 Å². The average molecular weight is 198 g/mol. The van der Waals surface area contributed by atoms with Gasteiger partial charge < -0.3 is 16.2 Å². The van der Waals surface area contributed by atoms with Crippen molar-refractivity contribution in [1.29, 1.82) is 0 Å². The molecule has 1 aromatic rings. The molecule has 0 spiro atoms. The number of hydrogen-bond donors (Lipinski definition) is 3. The van der Waals surface area contributed by atoms with Crippen LogP contribution in [0.1, 0.15) is 6.92 Å². The Hall–Kier alpha value is -1.29. The monoisotopic (exact) mass is 198 g/mol. The van der Waals surface area contributed by atoms with Crippen molar-refractivity contribution in [1.82, 2.24) is 0 Å². The van der Waals surface area contributed by atoms with Gasteiger partial charge in [-0.25, -0.2) is 4.39 Å². The van der Waals surface area contributed by atoms with Crippen LogP contribution in [0, 0.1) is 11.7 Å². The van der Waals surface area contributed by atoms with Gasteiger partial charge in [-0.2, -0.15) is 0 Å². The fourth-order valence-electron chi connectivity index (χ4n) is 1.07. The third-order valence-corrected chi connectivity index (χ3v) is 1.98. The molecule has 4 N–H and O–H groups in total. The van der Waals surface area contributed by atoms with Gasteiger partial charge in [-0.3, -0.25) is 0 Å². The van der Waals surface area contributed by atoms with Gasteiger partial charge in [0, 0.05) is 13.2 Å². The van der Waals surface area contributed by atoms with E-state index in [0.717, 1.165) is 0 Å². The Bertz CT molecular complexity index is 284. The Kier molecular flexibility index (Phi) is 3.71. The van der Waals surface area contributed by atoms with Crippen molar-refractivity contribution < 1.29 is 9.50 Å². The summed E-state index contributed by atoms with van der Waals surface area (Å²) in [4.78, 5) is 0. The summed E-state index contributed by atoms with van der Waals surface area (Å²) < 4.78 is 13.2. The van der Waals surface area contributed by atoms with Gasteiger partial charge in [-0.1, -0.05) is 13.0 Å². The number of aliphatic hydroxyl groups is 1. The molecule has 0 saturated heterocycles. The zero-order valence-corrected chi connectivity index (χ0v) is 8.13. The number of nitrogens with one attached hydrogen (secondary N) is 1. The molecule has 14 heavy (non-hydrogen) atoms. The molecule has 0 aromatic heterocycles. The Balaban J connectivity index is 2.66. The number of rotatable bonds is 4. The zero-order valence-electron chi connectivity index (χ0n) is 8.13. The van der Waals surface area contributed by atoms with Gasteiger partial charge in [0.05, 0.1) is 11.4 Å². The predicted molar refractivity (Wildman–Crippen MR) is 55.6 cm³/mol. The Morgan fingerprint density at radius 2 is 2.29 bits per heavy atom. The minimum Gasteiger partial charge on any atom is -0.397 e. The minimum absolute atomic E-state index is 0.0708. The van der Waals surface area contributed by atoms with Crippen LogP contribution in [0.15, 0.2) is 18.2 Å². The van der Waals surface area contributed by atoms with Gasteiger partial charge in [0.1, 0.15) is 5.82 Å². The molecule has 0 radical (unpaired) electrons. The zero-order chi connectivity index (χ0) is 10.6. The van der Waals surface area contributed by atoms with E-state index in [0.29, 0.717) is 17.9 Å². The summed E-state index contributed by atoms with van der Waals surface area (Å²) in [6, 6.07) is 4.54. The molecule has 3 nitrogen and oxygen atoms in total. The largest absolute Gasteiger partial charge is 0.397 e. The Morgan fingerprint density at radius 3 is 2.86 bits per heavy atom. The fourth-order valence-corrected chi connectivity index (χ4v) is 1.07. The lowest BCUT2D eigenvalue weighted by atomic mass is 10.2. The highest BCUT2D eigenvalue weighted by Crippen LogP contribution is 2.21. The van der Waals surface area contributed by atoms with Gasteiger partial charge in [0.15, 0.2) is 0 Å². The van der Waals surface area contributed by atoms with E-state index in [9.17, 15) is 4.39 Å². The quantitative estimate of drug-likeness (QED) is 0.642. The fraction of sp³-hybridized carbons (Fsp3) is 0.400. The van der Waals surface area contributed by atoms with E-state index in [1.165, 1.54) is 6.07 Å². The van der Waals surface area contributed by atoms with Crippen LogP contribution < -0.4 is 11.1 Å². The van der Waals surface area contributed by atoms with E-state index in [4.69, 9.17) is 10.8 Å². The maximum absolute atomic E-state index is 13.2. The maximum atomic E-state index is 13.2. The number of nitrogen functional groups attached to an aromatic ring is 1. The van der Waals surface area contributed by atoms with E-state index in [1.807, 2.05) is 6.92 Å². The molecule has 0 bridgehead atoms. The second-order valence-corrected chi connectivity index (χ2v) is 3.37. The van der Waals surface area contributed by atoms with Crippen LogP contribution in [-0.4, -0.2) is 18.3 Å². The molecule has 0 aliphatic carbocycles. The highest BCUT2D eigenvalue weighted by atomic mass is 19.1. The lowest BCUT2D eigenvalue weighted by Gasteiger charge is -2.13. The lowest BCUT2D eigenvalue weighted by molar-refractivity contribution is 0.244. The topological polar surface area (TPSA) is 58.3 Å². The van der Waals surface area contributed by atoms with Crippen molar-refractivity contribution in [3.05, 3.63) is 24.0 Å². The van der Waals surface area contributed by atoms with Crippen LogP contribution >= 0.6 is 0 Å². The van der Waals surface area contributed by atoms with Crippen molar-refractivity contribution >= 4 is 11.4 Å². The third kappa shape index (κ3) is 2.60. The van der Waals surface area contributed by atoms with Gasteiger partial charge >= 0.3 is 0 Å². The van der Waals surface area contributed by atoms with Crippen molar-refractivity contribution in [2.24, 2.45) is 5.92 Å². The van der Waals surface area contributed by atoms with Gasteiger partial charge in [0.25, 0.3) is 0 Å². The summed E-state index contributed by atoms with van der Waals surface area (Å²) in [6.07, 6.45) is 0. The summed E-state index contributed by atoms with van der Waals surface area (Å²) in [5.41, 5.74) is 6.28. The molecule has 0 aliphatic heterocycles. The summed E-state index contributed by atoms with van der Waals surface area (Å²) in [6.45, 7) is 2.44. The number of para-hydroxylation sites is 1. The van der Waals surface area contributed by atoms with Gasteiger partial charge in [0.2, 0.25) is 0 Å². The van der Waals surface area contributed by atoms with E-state index in [2.05, 4.69) is 5.32 Å². The molecular formula is C10H15FN2O. The maximum Gasteiger partial charge on any atom is 0.148 e. The number of anilines is 2. The first-order chi connectivity index (χ1) is 6.65. The SMILES string of the molecule is CC(CO)CNc1c(N)cccc1F. The summed E-state index contributed by atoms with van der Waals surface area (Å²) in [5.74, 6) is -0.288. The second-order valence-electron chi connectivity index (χ2n) is 3.37. The first-order valence-electron chi connectivity index (χ1n) is 4.54. The summed E-state index contributed by atoms with van der Waals surface area (Å²) in [7, 11) is 0. The molecule has 0 fully saturated rings. The van der Waals surface area contributed by atoms with E-state index >= 15 is 0 Å². The molecule has 0 saturated carbocycles. The van der Waals surface area contributed by atoms with Crippen molar-refractivity contribution in [3.63, 3.8) is 0 Å². The lowest BCUT2D eigenvalue weighted by Crippen LogP contribution is -2.16. The minimum atomic E-state index is -0.366. The van der Waals surface area contributed by atoms with Gasteiger partial charge in [-0.05, 0) is 18.1 Å². The number of halogens is 1. The Morgan fingerprint density at radius 1 is 1.57 bits per heavy atom. The number of benzene rings is 1. The van der Waals surface area contributed by atoms with Crippen molar-refractivity contribution in [2.45, 2.75) is 6.92 Å². The molecule has 4 heteroatoms. The van der Waals surface area contributed by atoms with Gasteiger partial charge in [-0.15, -0.1) is 0 Å². The molecule has 1 atom stereocenters. The van der Waals surface area contributed by atoms with Crippen molar-refractivity contribution in [2.75, 3.05) is 24.2 Å². The smallest absolute Gasteiger partial charge is 0.148 e. The van der Waals surface area contributed by atoms with Crippen molar-refractivity contribution in [3.8, 4) is 0 Å². The molecule has 0 heterocycles. The van der Waals surface area contributed by atoms with E-state index in [1.54, 1.807) is 12.1 Å². The molecule has 1 aromatic carbocycles. The highest BCUT2D eigenvalue weighted by molar-refractivity contribution is 5.66. The van der Waals surface area contributed by atoms with Crippen LogP contribution in [0.4, 0.5) is 15.8 Å². The molecule has 0 amide bonds. The molecule has 1 unspecified atom stereocenters. The van der Waals surface area contributed by atoms with Crippen LogP contribution in [0.2, 0.25) is 0 Å². The molecule has 1 rings (SSSR count). The Labute approximate surface area is 82.7 Å².